The molecule has 0 aliphatic rings. The van der Waals surface area contributed by atoms with Gasteiger partial charge in [-0.25, -0.2) is 0 Å². The van der Waals surface area contributed by atoms with Crippen molar-refractivity contribution in [2.75, 3.05) is 13.7 Å². The van der Waals surface area contributed by atoms with E-state index in [9.17, 15) is 0 Å². The summed E-state index contributed by atoms with van der Waals surface area (Å²) in [6, 6.07) is 0. The van der Waals surface area contributed by atoms with E-state index < -0.39 is 0 Å². The Bertz CT molecular complexity index is 185. The van der Waals surface area contributed by atoms with Crippen LogP contribution in [0.5, 0.6) is 0 Å². The van der Waals surface area contributed by atoms with Crippen molar-refractivity contribution in [2.24, 2.45) is 0 Å². The van der Waals surface area contributed by atoms with Gasteiger partial charge in [0.25, 0.3) is 0 Å². The van der Waals surface area contributed by atoms with Gasteiger partial charge in [0, 0.05) is 7.11 Å². The van der Waals surface area contributed by atoms with Crippen LogP contribution < -0.4 is 0 Å². The molecular weight excluding hydrogens is 184 g/mol. The fourth-order valence-corrected chi connectivity index (χ4v) is 1.04. The van der Waals surface area contributed by atoms with Crippen molar-refractivity contribution in [2.45, 2.75) is 32.1 Å². The summed E-state index contributed by atoms with van der Waals surface area (Å²) in [5.74, 6) is 0. The molecular formula is C11H19ClO. The Morgan fingerprint density at radius 2 is 2.15 bits per heavy atom. The fourth-order valence-electron chi connectivity index (χ4n) is 0.928. The second kappa shape index (κ2) is 7.16. The summed E-state index contributed by atoms with van der Waals surface area (Å²) in [5.41, 5.74) is 2.37. The largest absolute Gasteiger partial charge is 0.381 e. The first-order chi connectivity index (χ1) is 6.07. The lowest BCUT2D eigenvalue weighted by Crippen LogP contribution is -1.99. The van der Waals surface area contributed by atoms with E-state index >= 15 is 0 Å². The van der Waals surface area contributed by atoms with E-state index in [1.807, 2.05) is 6.92 Å². The summed E-state index contributed by atoms with van der Waals surface area (Å²) in [4.78, 5) is 0. The molecule has 2 heteroatoms. The first kappa shape index (κ1) is 12.7. The van der Waals surface area contributed by atoms with E-state index in [1.54, 1.807) is 7.11 Å². The van der Waals surface area contributed by atoms with Crippen LogP contribution in [0.25, 0.3) is 0 Å². The van der Waals surface area contributed by atoms with Gasteiger partial charge in [0.2, 0.25) is 0 Å². The monoisotopic (exact) mass is 202 g/mol. The first-order valence-electron chi connectivity index (χ1n) is 4.52. The van der Waals surface area contributed by atoms with E-state index in [0.717, 1.165) is 18.4 Å². The van der Waals surface area contributed by atoms with Crippen LogP contribution >= 0.6 is 11.6 Å². The maximum Gasteiger partial charge on any atom is 0.0646 e. The third kappa shape index (κ3) is 6.85. The van der Waals surface area contributed by atoms with Gasteiger partial charge in [-0.15, -0.1) is 11.6 Å². The SMILES string of the molecule is C=C(C)C(Cl)CC/C(C)=C/COC. The van der Waals surface area contributed by atoms with Gasteiger partial charge in [0.15, 0.2) is 0 Å². The minimum Gasteiger partial charge on any atom is -0.381 e. The Kier molecular flexibility index (Phi) is 7.02. The van der Waals surface area contributed by atoms with E-state index in [-0.39, 0.29) is 5.38 Å². The summed E-state index contributed by atoms with van der Waals surface area (Å²) in [7, 11) is 1.70. The summed E-state index contributed by atoms with van der Waals surface area (Å²) in [5, 5.41) is 0.103. The Labute approximate surface area is 86.4 Å². The van der Waals surface area contributed by atoms with Crippen LogP contribution in [0.2, 0.25) is 0 Å². The molecule has 0 saturated carbocycles. The Balaban J connectivity index is 3.69. The number of halogens is 1. The van der Waals surface area contributed by atoms with E-state index in [2.05, 4.69) is 19.6 Å². The van der Waals surface area contributed by atoms with Crippen molar-refractivity contribution in [3.8, 4) is 0 Å². The molecule has 0 aliphatic heterocycles. The zero-order valence-electron chi connectivity index (χ0n) is 8.77. The molecule has 0 amide bonds. The molecule has 0 heterocycles. The quantitative estimate of drug-likeness (QED) is 0.473. The van der Waals surface area contributed by atoms with Crippen LogP contribution in [0, 0.1) is 0 Å². The van der Waals surface area contributed by atoms with Crippen LogP contribution in [0.3, 0.4) is 0 Å². The molecule has 76 valence electrons. The van der Waals surface area contributed by atoms with Gasteiger partial charge >= 0.3 is 0 Å². The lowest BCUT2D eigenvalue weighted by Gasteiger charge is -2.08. The van der Waals surface area contributed by atoms with Gasteiger partial charge < -0.3 is 4.74 Å². The van der Waals surface area contributed by atoms with Gasteiger partial charge in [-0.3, -0.25) is 0 Å². The highest BCUT2D eigenvalue weighted by Crippen LogP contribution is 2.16. The summed E-state index contributed by atoms with van der Waals surface area (Å²) >= 11 is 6.04. The number of rotatable bonds is 6. The molecule has 0 radical (unpaired) electrons. The van der Waals surface area contributed by atoms with Gasteiger partial charge in [-0.05, 0) is 26.7 Å². The molecule has 13 heavy (non-hydrogen) atoms. The van der Waals surface area contributed by atoms with E-state index in [0.29, 0.717) is 6.61 Å². The third-order valence-corrected chi connectivity index (χ3v) is 2.52. The fraction of sp³-hybridized carbons (Fsp3) is 0.636. The molecule has 0 aromatic carbocycles. The Hall–Kier alpha value is -0.270. The predicted octanol–water partition coefficient (Wildman–Crippen LogP) is 3.54. The maximum atomic E-state index is 6.04. The third-order valence-electron chi connectivity index (χ3n) is 1.93. The highest BCUT2D eigenvalue weighted by molar-refractivity contribution is 6.22. The number of alkyl halides is 1. The van der Waals surface area contributed by atoms with Crippen LogP contribution in [-0.4, -0.2) is 19.1 Å². The number of methoxy groups -OCH3 is 1. The minimum atomic E-state index is 0.103. The molecule has 0 aromatic heterocycles. The van der Waals surface area contributed by atoms with Gasteiger partial charge in [0.05, 0.1) is 12.0 Å². The topological polar surface area (TPSA) is 9.23 Å². The number of ether oxygens (including phenoxy) is 1. The molecule has 1 nitrogen and oxygen atoms in total. The van der Waals surface area contributed by atoms with Crippen molar-refractivity contribution < 1.29 is 4.74 Å². The summed E-state index contributed by atoms with van der Waals surface area (Å²) in [6.45, 7) is 8.57. The zero-order chi connectivity index (χ0) is 10.3. The van der Waals surface area contributed by atoms with Crippen molar-refractivity contribution in [3.63, 3.8) is 0 Å². The molecule has 0 aromatic rings. The number of hydrogen-bond donors (Lipinski definition) is 0. The predicted molar refractivity (Wildman–Crippen MR) is 59.3 cm³/mol. The van der Waals surface area contributed by atoms with Crippen molar-refractivity contribution in [1.29, 1.82) is 0 Å². The second-order valence-electron chi connectivity index (χ2n) is 3.36. The summed E-state index contributed by atoms with van der Waals surface area (Å²) in [6.07, 6.45) is 4.06. The smallest absolute Gasteiger partial charge is 0.0646 e. The van der Waals surface area contributed by atoms with E-state index in [1.165, 1.54) is 5.57 Å². The molecule has 0 fully saturated rings. The Morgan fingerprint density at radius 1 is 1.54 bits per heavy atom. The van der Waals surface area contributed by atoms with E-state index in [4.69, 9.17) is 16.3 Å². The molecule has 1 unspecified atom stereocenters. The highest BCUT2D eigenvalue weighted by atomic mass is 35.5. The molecule has 0 spiro atoms. The molecule has 0 saturated heterocycles. The van der Waals surface area contributed by atoms with Gasteiger partial charge in [0.1, 0.15) is 0 Å². The average Bonchev–Trinajstić information content (AvgIpc) is 2.10. The highest BCUT2D eigenvalue weighted by Gasteiger charge is 2.04. The van der Waals surface area contributed by atoms with Gasteiger partial charge in [-0.1, -0.05) is 23.8 Å². The van der Waals surface area contributed by atoms with Crippen LogP contribution in [0.1, 0.15) is 26.7 Å². The lowest BCUT2D eigenvalue weighted by molar-refractivity contribution is 0.233. The standard InChI is InChI=1S/C11H19ClO/c1-9(2)11(12)6-5-10(3)7-8-13-4/h7,11H,1,5-6,8H2,2-4H3/b10-7+. The Morgan fingerprint density at radius 3 is 2.62 bits per heavy atom. The average molecular weight is 203 g/mol. The van der Waals surface area contributed by atoms with Crippen molar-refractivity contribution in [1.82, 2.24) is 0 Å². The molecule has 1 atom stereocenters. The number of hydrogen-bond acceptors (Lipinski definition) is 1. The van der Waals surface area contributed by atoms with Crippen molar-refractivity contribution in [3.05, 3.63) is 23.8 Å². The molecule has 0 aliphatic carbocycles. The molecule has 0 rings (SSSR count). The maximum absolute atomic E-state index is 6.04. The van der Waals surface area contributed by atoms with Crippen LogP contribution in [0.4, 0.5) is 0 Å². The normalized spacial score (nSPS) is 14.3. The second-order valence-corrected chi connectivity index (χ2v) is 3.89. The van der Waals surface area contributed by atoms with Gasteiger partial charge in [-0.2, -0.15) is 0 Å². The van der Waals surface area contributed by atoms with Crippen molar-refractivity contribution >= 4 is 11.6 Å². The molecule has 0 N–H and O–H groups in total. The summed E-state index contributed by atoms with van der Waals surface area (Å²) < 4.78 is 4.94. The lowest BCUT2D eigenvalue weighted by atomic mass is 10.1. The van der Waals surface area contributed by atoms with Crippen LogP contribution in [0.15, 0.2) is 23.8 Å². The zero-order valence-corrected chi connectivity index (χ0v) is 9.53. The first-order valence-corrected chi connectivity index (χ1v) is 4.95. The molecule has 0 bridgehead atoms. The van der Waals surface area contributed by atoms with Crippen LogP contribution in [-0.2, 0) is 4.74 Å². The number of allylic oxidation sites excluding steroid dienone is 2. The minimum absolute atomic E-state index is 0.103.